The van der Waals surface area contributed by atoms with Crippen LogP contribution >= 0.6 is 13.5 Å². The van der Waals surface area contributed by atoms with E-state index in [9.17, 15) is 9.59 Å². The molecule has 1 aliphatic heterocycles. The van der Waals surface area contributed by atoms with Gasteiger partial charge < -0.3 is 24.8 Å². The Morgan fingerprint density at radius 3 is 2.36 bits per heavy atom. The molecule has 5 rings (SSSR count). The summed E-state index contributed by atoms with van der Waals surface area (Å²) in [5.74, 6) is 7.86. The van der Waals surface area contributed by atoms with Crippen molar-refractivity contribution in [1.29, 1.82) is 0 Å². The van der Waals surface area contributed by atoms with Crippen LogP contribution in [0.5, 0.6) is 0 Å². The number of ether oxygens (including phenoxy) is 2. The van der Waals surface area contributed by atoms with Gasteiger partial charge >= 0.3 is 12.2 Å². The molecule has 10 nitrogen and oxygen atoms in total. The van der Waals surface area contributed by atoms with Crippen LogP contribution in [0, 0.1) is 11.8 Å². The molecule has 1 saturated heterocycles. The van der Waals surface area contributed by atoms with Crippen molar-refractivity contribution < 1.29 is 19.1 Å². The molecule has 44 heavy (non-hydrogen) atoms. The van der Waals surface area contributed by atoms with Gasteiger partial charge in [0.1, 0.15) is 22.9 Å². The number of H-pyrrole nitrogens is 2. The summed E-state index contributed by atoms with van der Waals surface area (Å²) in [6.45, 7) is 12.0. The Balaban J connectivity index is 0.00000442. The van der Waals surface area contributed by atoms with Crippen LogP contribution in [0.3, 0.4) is 0 Å². The van der Waals surface area contributed by atoms with Crippen LogP contribution in [0.15, 0.2) is 48.7 Å². The molecule has 232 valence electrons. The zero-order valence-electron chi connectivity index (χ0n) is 26.0. The highest BCUT2D eigenvalue weighted by molar-refractivity contribution is 7.59. The molecule has 1 atom stereocenters. The number of amides is 2. The lowest BCUT2D eigenvalue weighted by molar-refractivity contribution is 0.0218. The first-order valence-electron chi connectivity index (χ1n) is 14.5. The van der Waals surface area contributed by atoms with Crippen molar-refractivity contribution in [1.82, 2.24) is 30.2 Å². The second-order valence-corrected chi connectivity index (χ2v) is 12.6. The van der Waals surface area contributed by atoms with Crippen LogP contribution in [0.25, 0.3) is 22.3 Å². The first-order chi connectivity index (χ1) is 20.3. The first kappa shape index (κ1) is 32.5. The lowest BCUT2D eigenvalue weighted by Crippen LogP contribution is -2.36. The zero-order valence-corrected chi connectivity index (χ0v) is 27.0. The van der Waals surface area contributed by atoms with Crippen LogP contribution < -0.4 is 5.32 Å². The number of carbonyl (C=O) groups excluding carboxylic acids is 2. The minimum absolute atomic E-state index is 0. The summed E-state index contributed by atoms with van der Waals surface area (Å²) in [7, 11) is 0. The van der Waals surface area contributed by atoms with Gasteiger partial charge in [-0.05, 0) is 90.3 Å². The van der Waals surface area contributed by atoms with Crippen LogP contribution in [0.4, 0.5) is 9.59 Å². The second kappa shape index (κ2) is 13.1. The van der Waals surface area contributed by atoms with E-state index < -0.39 is 17.3 Å². The van der Waals surface area contributed by atoms with Crippen LogP contribution in [0.2, 0.25) is 0 Å². The molecule has 11 heteroatoms. The van der Waals surface area contributed by atoms with Gasteiger partial charge in [-0.15, -0.1) is 0 Å². The molecule has 2 amide bonds. The molecule has 0 unspecified atom stereocenters. The number of aromatic nitrogens is 4. The highest BCUT2D eigenvalue weighted by Gasteiger charge is 2.35. The van der Waals surface area contributed by atoms with Gasteiger partial charge in [-0.3, -0.25) is 4.90 Å². The molecule has 0 radical (unpaired) electrons. The molecule has 4 aromatic rings. The molecular formula is C33H40N6O4S. The Labute approximate surface area is 264 Å². The van der Waals surface area contributed by atoms with Crippen molar-refractivity contribution in [3.63, 3.8) is 0 Å². The van der Waals surface area contributed by atoms with Gasteiger partial charge in [-0.25, -0.2) is 19.6 Å². The fourth-order valence-corrected chi connectivity index (χ4v) is 4.80. The van der Waals surface area contributed by atoms with E-state index in [1.54, 1.807) is 11.1 Å². The minimum Gasteiger partial charge on any atom is -0.444 e. The Morgan fingerprint density at radius 1 is 0.977 bits per heavy atom. The van der Waals surface area contributed by atoms with Crippen LogP contribution in [0.1, 0.15) is 83.2 Å². The number of hydrogen-bond donors (Lipinski definition) is 3. The average Bonchev–Trinajstić information content (AvgIpc) is 3.68. The number of carbonyl (C=O) groups is 2. The maximum atomic E-state index is 12.7. The summed E-state index contributed by atoms with van der Waals surface area (Å²) in [4.78, 5) is 42.2. The van der Waals surface area contributed by atoms with Gasteiger partial charge in [0.05, 0.1) is 35.5 Å². The van der Waals surface area contributed by atoms with Crippen molar-refractivity contribution >= 4 is 36.7 Å². The topological polar surface area (TPSA) is 125 Å². The van der Waals surface area contributed by atoms with E-state index in [-0.39, 0.29) is 32.2 Å². The molecule has 2 aromatic heterocycles. The summed E-state index contributed by atoms with van der Waals surface area (Å²) in [5, 5.41) is 2.70. The van der Waals surface area contributed by atoms with Gasteiger partial charge in [0.15, 0.2) is 0 Å². The number of hydrogen-bond acceptors (Lipinski definition) is 6. The van der Waals surface area contributed by atoms with Gasteiger partial charge in [-0.1, -0.05) is 24.0 Å². The highest BCUT2D eigenvalue weighted by atomic mass is 32.1. The number of nitrogens with zero attached hydrogens (tertiary/aromatic N) is 3. The van der Waals surface area contributed by atoms with Crippen LogP contribution in [-0.2, 0) is 16.0 Å². The van der Waals surface area contributed by atoms with E-state index in [2.05, 4.69) is 32.1 Å². The number of alkyl carbamates (subject to hydrolysis) is 1. The second-order valence-electron chi connectivity index (χ2n) is 12.6. The summed E-state index contributed by atoms with van der Waals surface area (Å²) in [6, 6.07) is 13.6. The standard InChI is InChI=1S/C33H38N6O4.H2S/c1-32(2,3)42-30(40)35-20-28-34-19-26(36-28)23-14-11-21(12-15-23)9-10-22-13-16-24-25(18-22)38-29(37-24)27-8-7-17-39(27)31(41)43-33(4,5)6;/h11-16,18-19,27H,7-8,17,20H2,1-6H3,(H,34,36)(H,35,40)(H,37,38);1H2/t27-;/m0./s1. The predicted molar refractivity (Wildman–Crippen MR) is 174 cm³/mol. The molecule has 2 aromatic carbocycles. The number of nitrogens with one attached hydrogen (secondary N) is 3. The maximum Gasteiger partial charge on any atom is 0.410 e. The Morgan fingerprint density at radius 2 is 1.66 bits per heavy atom. The molecule has 3 N–H and O–H groups in total. The fraction of sp³-hybridized carbons (Fsp3) is 0.394. The lowest BCUT2D eigenvalue weighted by atomic mass is 10.1. The molecular weight excluding hydrogens is 576 g/mol. The van der Waals surface area contributed by atoms with E-state index in [1.807, 2.05) is 84.0 Å². The largest absolute Gasteiger partial charge is 0.444 e. The van der Waals surface area contributed by atoms with Crippen molar-refractivity contribution in [2.75, 3.05) is 6.54 Å². The van der Waals surface area contributed by atoms with Gasteiger partial charge in [-0.2, -0.15) is 13.5 Å². The minimum atomic E-state index is -0.555. The number of fused-ring (bicyclic) bond motifs is 1. The van der Waals surface area contributed by atoms with Gasteiger partial charge in [0, 0.05) is 17.7 Å². The fourth-order valence-electron chi connectivity index (χ4n) is 4.80. The Hall–Kier alpha value is -4.43. The number of aromatic amines is 2. The molecule has 3 heterocycles. The monoisotopic (exact) mass is 616 g/mol. The highest BCUT2D eigenvalue weighted by Crippen LogP contribution is 2.33. The van der Waals surface area contributed by atoms with E-state index in [4.69, 9.17) is 14.5 Å². The molecule has 0 bridgehead atoms. The number of likely N-dealkylation sites (tertiary alicyclic amines) is 1. The van der Waals surface area contributed by atoms with Crippen LogP contribution in [-0.4, -0.2) is 54.8 Å². The SMILES string of the molecule is CC(C)(C)OC(=O)NCc1ncc(-c2ccc(C#Cc3ccc4nc([C@@H]5CCCN5C(=O)OC(C)(C)C)[nH]c4c3)cc2)[nH]1.S. The van der Waals surface area contributed by atoms with Crippen molar-refractivity contribution in [2.45, 2.75) is 78.2 Å². The Kier molecular flexibility index (Phi) is 9.64. The molecule has 0 saturated carbocycles. The summed E-state index contributed by atoms with van der Waals surface area (Å²) in [5.41, 5.74) is 4.15. The third kappa shape index (κ3) is 8.35. The van der Waals surface area contributed by atoms with Gasteiger partial charge in [0.2, 0.25) is 0 Å². The Bertz CT molecular complexity index is 1690. The third-order valence-electron chi connectivity index (χ3n) is 6.67. The van der Waals surface area contributed by atoms with Crippen molar-refractivity contribution in [3.05, 3.63) is 71.4 Å². The molecule has 0 spiro atoms. The summed E-state index contributed by atoms with van der Waals surface area (Å²) in [6.07, 6.45) is 2.68. The summed E-state index contributed by atoms with van der Waals surface area (Å²) < 4.78 is 10.9. The quantitative estimate of drug-likeness (QED) is 0.223. The molecule has 1 fully saturated rings. The maximum absolute atomic E-state index is 12.7. The third-order valence-corrected chi connectivity index (χ3v) is 6.67. The average molecular weight is 617 g/mol. The summed E-state index contributed by atoms with van der Waals surface area (Å²) >= 11 is 0. The van der Waals surface area contributed by atoms with Crippen molar-refractivity contribution in [2.24, 2.45) is 0 Å². The number of benzene rings is 2. The van der Waals surface area contributed by atoms with E-state index >= 15 is 0 Å². The van der Waals surface area contributed by atoms with Gasteiger partial charge in [0.25, 0.3) is 0 Å². The number of imidazole rings is 2. The smallest absolute Gasteiger partial charge is 0.410 e. The lowest BCUT2D eigenvalue weighted by Gasteiger charge is -2.27. The molecule has 0 aliphatic carbocycles. The van der Waals surface area contributed by atoms with Crippen molar-refractivity contribution in [3.8, 4) is 23.1 Å². The van der Waals surface area contributed by atoms with E-state index in [0.717, 1.165) is 52.1 Å². The normalized spacial score (nSPS) is 14.9. The molecule has 1 aliphatic rings. The first-order valence-corrected chi connectivity index (χ1v) is 14.5. The predicted octanol–water partition coefficient (Wildman–Crippen LogP) is 6.56. The van der Waals surface area contributed by atoms with E-state index in [1.165, 1.54) is 0 Å². The zero-order chi connectivity index (χ0) is 30.8. The number of rotatable bonds is 4. The van der Waals surface area contributed by atoms with E-state index in [0.29, 0.717) is 12.4 Å².